The van der Waals surface area contributed by atoms with Crippen LogP contribution in [0.25, 0.3) is 0 Å². The number of rotatable bonds is 4. The first-order chi connectivity index (χ1) is 8.70. The molecule has 0 radical (unpaired) electrons. The number of hydrogen-bond acceptors (Lipinski definition) is 2. The van der Waals surface area contributed by atoms with Crippen molar-refractivity contribution in [2.45, 2.75) is 26.2 Å². The first-order valence-corrected chi connectivity index (χ1v) is 6.37. The van der Waals surface area contributed by atoms with Crippen LogP contribution >= 0.6 is 0 Å². The Balaban J connectivity index is 2.26. The van der Waals surface area contributed by atoms with E-state index in [2.05, 4.69) is 43.1 Å². The monoisotopic (exact) mass is 240 g/mol. The molecule has 0 fully saturated rings. The number of benzene rings is 1. The van der Waals surface area contributed by atoms with E-state index in [0.29, 0.717) is 12.5 Å². The molecule has 1 atom stereocenters. The van der Waals surface area contributed by atoms with Crippen LogP contribution in [0.1, 0.15) is 28.2 Å². The van der Waals surface area contributed by atoms with Gasteiger partial charge < -0.3 is 5.73 Å². The van der Waals surface area contributed by atoms with Crippen molar-refractivity contribution in [3.63, 3.8) is 0 Å². The first kappa shape index (κ1) is 12.8. The summed E-state index contributed by atoms with van der Waals surface area (Å²) in [5.74, 6) is 0.370. The van der Waals surface area contributed by atoms with Crippen molar-refractivity contribution in [3.05, 3.63) is 65.0 Å². The molecule has 0 aliphatic carbocycles. The predicted octanol–water partition coefficient (Wildman–Crippen LogP) is 2.98. The number of hydrogen-bond donors (Lipinski definition) is 1. The SMILES string of the molecule is Cc1ccc(C)c(C(CN)Cc2cccnc2)c1. The third-order valence-electron chi connectivity index (χ3n) is 3.36. The van der Waals surface area contributed by atoms with Gasteiger partial charge in [0, 0.05) is 18.3 Å². The van der Waals surface area contributed by atoms with Crippen molar-refractivity contribution in [2.75, 3.05) is 6.54 Å². The van der Waals surface area contributed by atoms with Crippen LogP contribution < -0.4 is 5.73 Å². The van der Waals surface area contributed by atoms with Crippen molar-refractivity contribution in [1.82, 2.24) is 4.98 Å². The van der Waals surface area contributed by atoms with E-state index in [-0.39, 0.29) is 0 Å². The molecule has 0 aliphatic heterocycles. The molecule has 0 bridgehead atoms. The zero-order valence-corrected chi connectivity index (χ0v) is 11.1. The topological polar surface area (TPSA) is 38.9 Å². The van der Waals surface area contributed by atoms with Gasteiger partial charge in [-0.1, -0.05) is 29.8 Å². The van der Waals surface area contributed by atoms with Gasteiger partial charge in [-0.2, -0.15) is 0 Å². The lowest BCUT2D eigenvalue weighted by atomic mass is 9.89. The minimum Gasteiger partial charge on any atom is -0.330 e. The van der Waals surface area contributed by atoms with E-state index in [0.717, 1.165) is 6.42 Å². The average molecular weight is 240 g/mol. The number of aromatic nitrogens is 1. The Labute approximate surface area is 109 Å². The molecule has 0 spiro atoms. The van der Waals surface area contributed by atoms with Crippen molar-refractivity contribution in [1.29, 1.82) is 0 Å². The fourth-order valence-electron chi connectivity index (χ4n) is 2.32. The predicted molar refractivity (Wildman–Crippen MR) is 75.7 cm³/mol. The maximum absolute atomic E-state index is 5.95. The van der Waals surface area contributed by atoms with Gasteiger partial charge in [0.1, 0.15) is 0 Å². The quantitative estimate of drug-likeness (QED) is 0.892. The summed E-state index contributed by atoms with van der Waals surface area (Å²) in [5, 5.41) is 0. The Hall–Kier alpha value is -1.67. The molecule has 1 unspecified atom stereocenters. The molecule has 2 aromatic rings. The summed E-state index contributed by atoms with van der Waals surface area (Å²) >= 11 is 0. The molecule has 2 rings (SSSR count). The number of nitrogens with two attached hydrogens (primary N) is 1. The molecule has 1 aromatic carbocycles. The molecular weight excluding hydrogens is 220 g/mol. The van der Waals surface area contributed by atoms with Gasteiger partial charge in [0.2, 0.25) is 0 Å². The molecular formula is C16H20N2. The second-order valence-corrected chi connectivity index (χ2v) is 4.86. The van der Waals surface area contributed by atoms with E-state index < -0.39 is 0 Å². The van der Waals surface area contributed by atoms with E-state index in [1.54, 1.807) is 6.20 Å². The van der Waals surface area contributed by atoms with E-state index in [1.165, 1.54) is 22.3 Å². The fraction of sp³-hybridized carbons (Fsp3) is 0.312. The highest BCUT2D eigenvalue weighted by Gasteiger charge is 2.13. The van der Waals surface area contributed by atoms with Crippen molar-refractivity contribution in [3.8, 4) is 0 Å². The molecule has 1 aromatic heterocycles. The van der Waals surface area contributed by atoms with Crippen LogP contribution in [0.2, 0.25) is 0 Å². The molecule has 2 nitrogen and oxygen atoms in total. The third-order valence-corrected chi connectivity index (χ3v) is 3.36. The maximum atomic E-state index is 5.95. The van der Waals surface area contributed by atoms with E-state index in [4.69, 9.17) is 5.73 Å². The molecule has 0 amide bonds. The second-order valence-electron chi connectivity index (χ2n) is 4.86. The van der Waals surface area contributed by atoms with E-state index >= 15 is 0 Å². The molecule has 2 heteroatoms. The molecule has 1 heterocycles. The van der Waals surface area contributed by atoms with E-state index in [1.807, 2.05) is 12.3 Å². The van der Waals surface area contributed by atoms with Gasteiger partial charge in [0.25, 0.3) is 0 Å². The normalized spacial score (nSPS) is 12.4. The van der Waals surface area contributed by atoms with Gasteiger partial charge in [-0.05, 0) is 49.6 Å². The Morgan fingerprint density at radius 1 is 1.22 bits per heavy atom. The van der Waals surface area contributed by atoms with Crippen LogP contribution in [0.3, 0.4) is 0 Å². The molecule has 0 saturated heterocycles. The fourth-order valence-corrected chi connectivity index (χ4v) is 2.32. The van der Waals surface area contributed by atoms with Crippen LogP contribution in [-0.4, -0.2) is 11.5 Å². The summed E-state index contributed by atoms with van der Waals surface area (Å²) in [6.45, 7) is 4.94. The smallest absolute Gasteiger partial charge is 0.0300 e. The Kier molecular flexibility index (Phi) is 4.11. The molecule has 0 saturated carbocycles. The summed E-state index contributed by atoms with van der Waals surface area (Å²) < 4.78 is 0. The third kappa shape index (κ3) is 2.96. The summed E-state index contributed by atoms with van der Waals surface area (Å²) in [5.41, 5.74) is 11.2. The second kappa shape index (κ2) is 5.78. The van der Waals surface area contributed by atoms with Crippen molar-refractivity contribution in [2.24, 2.45) is 5.73 Å². The van der Waals surface area contributed by atoms with Crippen LogP contribution in [0, 0.1) is 13.8 Å². The lowest BCUT2D eigenvalue weighted by molar-refractivity contribution is 0.687. The lowest BCUT2D eigenvalue weighted by Crippen LogP contribution is -2.16. The summed E-state index contributed by atoms with van der Waals surface area (Å²) in [4.78, 5) is 4.16. The van der Waals surface area contributed by atoms with Gasteiger partial charge in [-0.15, -0.1) is 0 Å². The van der Waals surface area contributed by atoms with Crippen molar-refractivity contribution >= 4 is 0 Å². The zero-order valence-electron chi connectivity index (χ0n) is 11.1. The zero-order chi connectivity index (χ0) is 13.0. The lowest BCUT2D eigenvalue weighted by Gasteiger charge is -2.18. The Morgan fingerprint density at radius 3 is 2.72 bits per heavy atom. The van der Waals surface area contributed by atoms with Crippen LogP contribution in [0.4, 0.5) is 0 Å². The number of nitrogens with zero attached hydrogens (tertiary/aromatic N) is 1. The summed E-state index contributed by atoms with van der Waals surface area (Å²) in [6.07, 6.45) is 4.68. The van der Waals surface area contributed by atoms with Gasteiger partial charge in [0.15, 0.2) is 0 Å². The van der Waals surface area contributed by atoms with E-state index in [9.17, 15) is 0 Å². The highest BCUT2D eigenvalue weighted by molar-refractivity contribution is 5.34. The molecule has 18 heavy (non-hydrogen) atoms. The van der Waals surface area contributed by atoms with Gasteiger partial charge >= 0.3 is 0 Å². The molecule has 2 N–H and O–H groups in total. The van der Waals surface area contributed by atoms with Crippen LogP contribution in [0.5, 0.6) is 0 Å². The van der Waals surface area contributed by atoms with Gasteiger partial charge in [-0.25, -0.2) is 0 Å². The average Bonchev–Trinajstić information content (AvgIpc) is 2.40. The maximum Gasteiger partial charge on any atom is 0.0300 e. The Bertz CT molecular complexity index is 506. The molecule has 94 valence electrons. The summed E-state index contributed by atoms with van der Waals surface area (Å²) in [6, 6.07) is 10.7. The highest BCUT2D eigenvalue weighted by Crippen LogP contribution is 2.24. The summed E-state index contributed by atoms with van der Waals surface area (Å²) in [7, 11) is 0. The van der Waals surface area contributed by atoms with Crippen molar-refractivity contribution < 1.29 is 0 Å². The minimum atomic E-state index is 0.370. The number of pyridine rings is 1. The van der Waals surface area contributed by atoms with Crippen LogP contribution in [-0.2, 0) is 6.42 Å². The molecule has 0 aliphatic rings. The largest absolute Gasteiger partial charge is 0.330 e. The highest BCUT2D eigenvalue weighted by atomic mass is 14.6. The standard InChI is InChI=1S/C16H20N2/c1-12-5-6-13(2)16(8-12)15(10-17)9-14-4-3-7-18-11-14/h3-8,11,15H,9-10,17H2,1-2H3. The minimum absolute atomic E-state index is 0.370. The van der Waals surface area contributed by atoms with Gasteiger partial charge in [-0.3, -0.25) is 4.98 Å². The number of aryl methyl sites for hydroxylation is 2. The van der Waals surface area contributed by atoms with Gasteiger partial charge in [0.05, 0.1) is 0 Å². The first-order valence-electron chi connectivity index (χ1n) is 6.37. The van der Waals surface area contributed by atoms with Crippen LogP contribution in [0.15, 0.2) is 42.7 Å². The Morgan fingerprint density at radius 2 is 2.06 bits per heavy atom.